The van der Waals surface area contributed by atoms with Crippen molar-refractivity contribution < 1.29 is 0 Å². The Hall–Kier alpha value is -1.24. The standard InChI is InChI=1S/C11H17N5S/c12-2-5-16-8-10(15-9-16)7-13-3-1-11-14-4-6-17-11/h4,6,8-9,13H,1-3,5,7,12H2. The van der Waals surface area contributed by atoms with E-state index in [-0.39, 0.29) is 0 Å². The second kappa shape index (κ2) is 6.48. The summed E-state index contributed by atoms with van der Waals surface area (Å²) in [4.78, 5) is 8.54. The van der Waals surface area contributed by atoms with Gasteiger partial charge < -0.3 is 15.6 Å². The van der Waals surface area contributed by atoms with Gasteiger partial charge in [-0.2, -0.15) is 0 Å². The molecule has 17 heavy (non-hydrogen) atoms. The predicted molar refractivity (Wildman–Crippen MR) is 68.8 cm³/mol. The molecule has 6 heteroatoms. The molecular formula is C11H17N5S. The highest BCUT2D eigenvalue weighted by Gasteiger charge is 1.99. The highest BCUT2D eigenvalue weighted by Crippen LogP contribution is 2.03. The van der Waals surface area contributed by atoms with Crippen molar-refractivity contribution in [1.29, 1.82) is 0 Å². The molecule has 0 saturated heterocycles. The minimum absolute atomic E-state index is 0.646. The number of nitrogens with one attached hydrogen (secondary N) is 1. The minimum atomic E-state index is 0.646. The normalized spacial score (nSPS) is 10.9. The zero-order chi connectivity index (χ0) is 11.9. The molecule has 0 aliphatic rings. The van der Waals surface area contributed by atoms with Gasteiger partial charge in [-0.1, -0.05) is 0 Å². The summed E-state index contributed by atoms with van der Waals surface area (Å²) in [6, 6.07) is 0. The smallest absolute Gasteiger partial charge is 0.0950 e. The molecule has 2 rings (SSSR count). The van der Waals surface area contributed by atoms with Gasteiger partial charge >= 0.3 is 0 Å². The van der Waals surface area contributed by atoms with E-state index in [1.165, 1.54) is 5.01 Å². The molecule has 0 amide bonds. The third-order valence-corrected chi connectivity index (χ3v) is 3.22. The van der Waals surface area contributed by atoms with E-state index in [1.54, 1.807) is 11.3 Å². The van der Waals surface area contributed by atoms with Crippen LogP contribution in [0.5, 0.6) is 0 Å². The highest BCUT2D eigenvalue weighted by atomic mass is 32.1. The van der Waals surface area contributed by atoms with Gasteiger partial charge in [0.25, 0.3) is 0 Å². The minimum Gasteiger partial charge on any atom is -0.336 e. The fourth-order valence-corrected chi connectivity index (χ4v) is 2.18. The number of hydrogen-bond donors (Lipinski definition) is 2. The molecule has 0 fully saturated rings. The summed E-state index contributed by atoms with van der Waals surface area (Å²) in [5.74, 6) is 0. The Kier molecular flexibility index (Phi) is 4.66. The lowest BCUT2D eigenvalue weighted by Gasteiger charge is -2.00. The summed E-state index contributed by atoms with van der Waals surface area (Å²) in [6.07, 6.45) is 6.67. The Bertz CT molecular complexity index is 423. The fourth-order valence-electron chi connectivity index (χ4n) is 1.56. The zero-order valence-corrected chi connectivity index (χ0v) is 10.5. The SMILES string of the molecule is NCCn1cnc(CNCCc2nccs2)c1. The molecule has 5 nitrogen and oxygen atoms in total. The molecule has 2 aromatic heterocycles. The summed E-state index contributed by atoms with van der Waals surface area (Å²) >= 11 is 1.70. The lowest BCUT2D eigenvalue weighted by atomic mass is 10.4. The number of imidazole rings is 1. The first-order valence-corrected chi connectivity index (χ1v) is 6.56. The molecule has 0 atom stereocenters. The van der Waals surface area contributed by atoms with Gasteiger partial charge in [-0.05, 0) is 0 Å². The van der Waals surface area contributed by atoms with Gasteiger partial charge in [-0.3, -0.25) is 0 Å². The summed E-state index contributed by atoms with van der Waals surface area (Å²) < 4.78 is 2.01. The van der Waals surface area contributed by atoms with Gasteiger partial charge in [0.15, 0.2) is 0 Å². The van der Waals surface area contributed by atoms with Crippen LogP contribution in [0.4, 0.5) is 0 Å². The van der Waals surface area contributed by atoms with Crippen molar-refractivity contribution in [1.82, 2.24) is 19.9 Å². The second-order valence-electron chi connectivity index (χ2n) is 3.74. The first-order chi connectivity index (χ1) is 8.38. The average Bonchev–Trinajstić information content (AvgIpc) is 2.96. The molecular weight excluding hydrogens is 234 g/mol. The first kappa shape index (κ1) is 12.2. The van der Waals surface area contributed by atoms with E-state index in [9.17, 15) is 0 Å². The van der Waals surface area contributed by atoms with Crippen molar-refractivity contribution in [3.63, 3.8) is 0 Å². The highest BCUT2D eigenvalue weighted by molar-refractivity contribution is 7.09. The van der Waals surface area contributed by atoms with Crippen LogP contribution in [0.1, 0.15) is 10.7 Å². The van der Waals surface area contributed by atoms with E-state index < -0.39 is 0 Å². The summed E-state index contributed by atoms with van der Waals surface area (Å²) in [5, 5.41) is 6.53. The van der Waals surface area contributed by atoms with Gasteiger partial charge in [0.2, 0.25) is 0 Å². The molecule has 0 aromatic carbocycles. The van der Waals surface area contributed by atoms with Crippen LogP contribution in [-0.2, 0) is 19.5 Å². The Morgan fingerprint density at radius 2 is 2.35 bits per heavy atom. The van der Waals surface area contributed by atoms with Crippen LogP contribution in [0.3, 0.4) is 0 Å². The zero-order valence-electron chi connectivity index (χ0n) is 9.67. The lowest BCUT2D eigenvalue weighted by molar-refractivity contribution is 0.672. The van der Waals surface area contributed by atoms with E-state index in [1.807, 2.05) is 28.7 Å². The van der Waals surface area contributed by atoms with Gasteiger partial charge in [-0.25, -0.2) is 9.97 Å². The topological polar surface area (TPSA) is 68.8 Å². The van der Waals surface area contributed by atoms with E-state index in [0.29, 0.717) is 6.54 Å². The fraction of sp³-hybridized carbons (Fsp3) is 0.455. The van der Waals surface area contributed by atoms with Crippen molar-refractivity contribution in [2.45, 2.75) is 19.5 Å². The molecule has 3 N–H and O–H groups in total. The molecule has 0 saturated carbocycles. The largest absolute Gasteiger partial charge is 0.336 e. The van der Waals surface area contributed by atoms with Crippen molar-refractivity contribution in [2.75, 3.05) is 13.1 Å². The molecule has 0 unspecified atom stereocenters. The maximum Gasteiger partial charge on any atom is 0.0950 e. The number of nitrogens with zero attached hydrogens (tertiary/aromatic N) is 3. The molecule has 2 heterocycles. The maximum atomic E-state index is 5.48. The molecule has 0 spiro atoms. The Morgan fingerprint density at radius 3 is 3.12 bits per heavy atom. The van der Waals surface area contributed by atoms with Gasteiger partial charge in [0.1, 0.15) is 0 Å². The molecule has 0 radical (unpaired) electrons. The van der Waals surface area contributed by atoms with Crippen LogP contribution >= 0.6 is 11.3 Å². The lowest BCUT2D eigenvalue weighted by Crippen LogP contribution is -2.16. The predicted octanol–water partition coefficient (Wildman–Crippen LogP) is 0.631. The Morgan fingerprint density at radius 1 is 1.41 bits per heavy atom. The van der Waals surface area contributed by atoms with Gasteiger partial charge in [0, 0.05) is 50.4 Å². The third-order valence-electron chi connectivity index (χ3n) is 2.38. The number of aromatic nitrogens is 3. The molecule has 0 bridgehead atoms. The van der Waals surface area contributed by atoms with Crippen LogP contribution in [0.15, 0.2) is 24.1 Å². The van der Waals surface area contributed by atoms with Crippen molar-refractivity contribution in [3.05, 3.63) is 34.8 Å². The number of hydrogen-bond acceptors (Lipinski definition) is 5. The molecule has 0 aliphatic carbocycles. The molecule has 2 aromatic rings. The molecule has 92 valence electrons. The Balaban J connectivity index is 1.67. The van der Waals surface area contributed by atoms with E-state index in [4.69, 9.17) is 5.73 Å². The summed E-state index contributed by atoms with van der Waals surface area (Å²) in [7, 11) is 0. The summed E-state index contributed by atoms with van der Waals surface area (Å²) in [6.45, 7) is 3.19. The van der Waals surface area contributed by atoms with E-state index in [2.05, 4.69) is 15.3 Å². The van der Waals surface area contributed by atoms with Crippen LogP contribution in [0.2, 0.25) is 0 Å². The first-order valence-electron chi connectivity index (χ1n) is 5.68. The van der Waals surface area contributed by atoms with Crippen molar-refractivity contribution in [2.24, 2.45) is 5.73 Å². The van der Waals surface area contributed by atoms with Crippen molar-refractivity contribution >= 4 is 11.3 Å². The van der Waals surface area contributed by atoms with Crippen LogP contribution in [-0.4, -0.2) is 27.6 Å². The Labute approximate surface area is 105 Å². The monoisotopic (exact) mass is 251 g/mol. The maximum absolute atomic E-state index is 5.48. The van der Waals surface area contributed by atoms with E-state index in [0.717, 1.165) is 31.7 Å². The van der Waals surface area contributed by atoms with Gasteiger partial charge in [0.05, 0.1) is 17.0 Å². The van der Waals surface area contributed by atoms with E-state index >= 15 is 0 Å². The van der Waals surface area contributed by atoms with Crippen molar-refractivity contribution in [3.8, 4) is 0 Å². The third kappa shape index (κ3) is 3.92. The average molecular weight is 251 g/mol. The number of nitrogens with two attached hydrogens (primary N) is 1. The van der Waals surface area contributed by atoms with Crippen LogP contribution in [0.25, 0.3) is 0 Å². The summed E-state index contributed by atoms with van der Waals surface area (Å²) in [5.41, 5.74) is 6.53. The van der Waals surface area contributed by atoms with Crippen LogP contribution < -0.4 is 11.1 Å². The second-order valence-corrected chi connectivity index (χ2v) is 4.72. The quantitative estimate of drug-likeness (QED) is 0.708. The van der Waals surface area contributed by atoms with Crippen LogP contribution in [0, 0.1) is 0 Å². The van der Waals surface area contributed by atoms with Gasteiger partial charge in [-0.15, -0.1) is 11.3 Å². The molecule has 0 aliphatic heterocycles. The number of rotatable bonds is 7. The number of thiazole rings is 1.